The molecule has 1 aliphatic rings. The fraction of sp³-hybridized carbons (Fsp3) is 0.278. The zero-order valence-corrected chi connectivity index (χ0v) is 13.7. The van der Waals surface area contributed by atoms with E-state index >= 15 is 0 Å². The minimum absolute atomic E-state index is 0.0602. The SMILES string of the molecule is COc1ccccc1-c1nc(C2CC(=O)N(Cc3ccco3)C2)no1. The monoisotopic (exact) mass is 339 g/mol. The van der Waals surface area contributed by atoms with Crippen molar-refractivity contribution >= 4 is 5.91 Å². The van der Waals surface area contributed by atoms with Crippen LogP contribution in [0.4, 0.5) is 0 Å². The predicted molar refractivity (Wildman–Crippen MR) is 87.8 cm³/mol. The Labute approximate surface area is 144 Å². The molecule has 7 nitrogen and oxygen atoms in total. The minimum atomic E-state index is -0.0883. The number of carbonyl (C=O) groups excluding carboxylic acids is 1. The molecular formula is C18H17N3O4. The van der Waals surface area contributed by atoms with E-state index in [-0.39, 0.29) is 11.8 Å². The number of ether oxygens (including phenoxy) is 1. The topological polar surface area (TPSA) is 81.6 Å². The molecule has 0 saturated carbocycles. The van der Waals surface area contributed by atoms with Crippen LogP contribution < -0.4 is 4.74 Å². The first-order valence-corrected chi connectivity index (χ1v) is 8.01. The molecule has 25 heavy (non-hydrogen) atoms. The van der Waals surface area contributed by atoms with Crippen molar-refractivity contribution in [3.8, 4) is 17.2 Å². The number of hydrogen-bond donors (Lipinski definition) is 0. The fourth-order valence-electron chi connectivity index (χ4n) is 3.02. The maximum Gasteiger partial charge on any atom is 0.261 e. The Bertz CT molecular complexity index is 872. The van der Waals surface area contributed by atoms with Gasteiger partial charge in [-0.15, -0.1) is 0 Å². The number of hydrogen-bond acceptors (Lipinski definition) is 6. The third-order valence-electron chi connectivity index (χ3n) is 4.29. The lowest BCUT2D eigenvalue weighted by Crippen LogP contribution is -2.24. The largest absolute Gasteiger partial charge is 0.496 e. The van der Waals surface area contributed by atoms with Crippen LogP contribution in [0.3, 0.4) is 0 Å². The van der Waals surface area contributed by atoms with E-state index in [1.807, 2.05) is 36.4 Å². The molecule has 4 rings (SSSR count). The molecule has 1 atom stereocenters. The molecule has 1 aliphatic heterocycles. The highest BCUT2D eigenvalue weighted by atomic mass is 16.5. The van der Waals surface area contributed by atoms with Gasteiger partial charge in [0.05, 0.1) is 25.5 Å². The van der Waals surface area contributed by atoms with Crippen molar-refractivity contribution in [2.45, 2.75) is 18.9 Å². The molecule has 0 aliphatic carbocycles. The normalized spacial score (nSPS) is 17.2. The molecule has 3 heterocycles. The summed E-state index contributed by atoms with van der Waals surface area (Å²) in [6.07, 6.45) is 1.97. The van der Waals surface area contributed by atoms with E-state index in [1.165, 1.54) is 0 Å². The number of nitrogens with zero attached hydrogens (tertiary/aromatic N) is 3. The molecular weight excluding hydrogens is 322 g/mol. The third kappa shape index (κ3) is 3.00. The highest BCUT2D eigenvalue weighted by Gasteiger charge is 2.34. The Morgan fingerprint density at radius 2 is 2.16 bits per heavy atom. The number of rotatable bonds is 5. The van der Waals surface area contributed by atoms with Crippen LogP contribution in [0.15, 0.2) is 51.6 Å². The van der Waals surface area contributed by atoms with Crippen molar-refractivity contribution in [1.29, 1.82) is 0 Å². The molecule has 1 saturated heterocycles. The summed E-state index contributed by atoms with van der Waals surface area (Å²) in [4.78, 5) is 18.5. The smallest absolute Gasteiger partial charge is 0.261 e. The molecule has 0 N–H and O–H groups in total. The van der Waals surface area contributed by atoms with Crippen molar-refractivity contribution in [2.24, 2.45) is 0 Å². The summed E-state index contributed by atoms with van der Waals surface area (Å²) in [5.41, 5.74) is 0.737. The second-order valence-corrected chi connectivity index (χ2v) is 5.91. The fourth-order valence-corrected chi connectivity index (χ4v) is 3.02. The number of carbonyl (C=O) groups is 1. The van der Waals surface area contributed by atoms with Crippen LogP contribution in [0.25, 0.3) is 11.5 Å². The Morgan fingerprint density at radius 1 is 1.28 bits per heavy atom. The highest BCUT2D eigenvalue weighted by Crippen LogP contribution is 2.32. The Balaban J connectivity index is 1.52. The molecule has 128 valence electrons. The van der Waals surface area contributed by atoms with Gasteiger partial charge in [0.2, 0.25) is 5.91 Å². The summed E-state index contributed by atoms with van der Waals surface area (Å²) >= 11 is 0. The van der Waals surface area contributed by atoms with Crippen LogP contribution in [-0.4, -0.2) is 34.6 Å². The number of furan rings is 1. The Kier molecular flexibility index (Phi) is 3.97. The van der Waals surface area contributed by atoms with Crippen molar-refractivity contribution in [1.82, 2.24) is 15.0 Å². The van der Waals surface area contributed by atoms with E-state index in [1.54, 1.807) is 18.3 Å². The first-order valence-electron chi connectivity index (χ1n) is 8.01. The van der Waals surface area contributed by atoms with Gasteiger partial charge in [0.25, 0.3) is 5.89 Å². The lowest BCUT2D eigenvalue weighted by Gasteiger charge is -2.13. The van der Waals surface area contributed by atoms with Gasteiger partial charge in [-0.25, -0.2) is 0 Å². The molecule has 7 heteroatoms. The quantitative estimate of drug-likeness (QED) is 0.711. The van der Waals surface area contributed by atoms with E-state index < -0.39 is 0 Å². The van der Waals surface area contributed by atoms with Gasteiger partial charge in [0.1, 0.15) is 11.5 Å². The first-order chi connectivity index (χ1) is 12.2. The molecule has 2 aromatic heterocycles. The summed E-state index contributed by atoms with van der Waals surface area (Å²) in [5, 5.41) is 4.07. The lowest BCUT2D eigenvalue weighted by molar-refractivity contribution is -0.128. The van der Waals surface area contributed by atoms with E-state index in [0.717, 1.165) is 11.3 Å². The maximum absolute atomic E-state index is 12.2. The van der Waals surface area contributed by atoms with Crippen molar-refractivity contribution in [3.05, 3.63) is 54.2 Å². The second-order valence-electron chi connectivity index (χ2n) is 5.91. The van der Waals surface area contributed by atoms with Gasteiger partial charge in [0, 0.05) is 18.9 Å². The zero-order valence-electron chi connectivity index (χ0n) is 13.7. The van der Waals surface area contributed by atoms with Gasteiger partial charge in [-0.1, -0.05) is 17.3 Å². The van der Waals surface area contributed by atoms with Crippen LogP contribution in [0.5, 0.6) is 5.75 Å². The van der Waals surface area contributed by atoms with Crippen molar-refractivity contribution < 1.29 is 18.5 Å². The predicted octanol–water partition coefficient (Wildman–Crippen LogP) is 2.85. The Hall–Kier alpha value is -3.09. The number of amides is 1. The molecule has 0 bridgehead atoms. The molecule has 1 amide bonds. The lowest BCUT2D eigenvalue weighted by atomic mass is 10.1. The summed E-state index contributed by atoms with van der Waals surface area (Å²) in [6.45, 7) is 1.00. The molecule has 1 unspecified atom stereocenters. The van der Waals surface area contributed by atoms with Crippen molar-refractivity contribution in [2.75, 3.05) is 13.7 Å². The zero-order chi connectivity index (χ0) is 17.2. The summed E-state index contributed by atoms with van der Waals surface area (Å²) < 4.78 is 16.0. The van der Waals surface area contributed by atoms with E-state index in [0.29, 0.717) is 37.0 Å². The van der Waals surface area contributed by atoms with Crippen LogP contribution in [-0.2, 0) is 11.3 Å². The van der Waals surface area contributed by atoms with E-state index in [4.69, 9.17) is 13.7 Å². The van der Waals surface area contributed by atoms with Gasteiger partial charge in [-0.3, -0.25) is 4.79 Å². The number of likely N-dealkylation sites (tertiary alicyclic amines) is 1. The van der Waals surface area contributed by atoms with E-state index in [2.05, 4.69) is 10.1 Å². The van der Waals surface area contributed by atoms with Crippen LogP contribution >= 0.6 is 0 Å². The van der Waals surface area contributed by atoms with Gasteiger partial charge >= 0.3 is 0 Å². The van der Waals surface area contributed by atoms with E-state index in [9.17, 15) is 4.79 Å². The number of methoxy groups -OCH3 is 1. The maximum atomic E-state index is 12.2. The van der Waals surface area contributed by atoms with Crippen molar-refractivity contribution in [3.63, 3.8) is 0 Å². The highest BCUT2D eigenvalue weighted by molar-refractivity contribution is 5.79. The minimum Gasteiger partial charge on any atom is -0.496 e. The summed E-state index contributed by atoms with van der Waals surface area (Å²) in [5.74, 6) is 2.33. The number of aromatic nitrogens is 2. The average molecular weight is 339 g/mol. The molecule has 3 aromatic rings. The van der Waals surface area contributed by atoms with Gasteiger partial charge in [-0.2, -0.15) is 4.98 Å². The van der Waals surface area contributed by atoms with Gasteiger partial charge < -0.3 is 18.6 Å². The molecule has 0 spiro atoms. The standard InChI is InChI=1S/C18H17N3O4/c1-23-15-7-3-2-6-14(15)18-19-17(20-25-18)12-9-16(22)21(10-12)11-13-5-4-8-24-13/h2-8,12H,9-11H2,1H3. The van der Waals surface area contributed by atoms with Crippen LogP contribution in [0.1, 0.15) is 23.9 Å². The van der Waals surface area contributed by atoms with Gasteiger partial charge in [-0.05, 0) is 24.3 Å². The summed E-state index contributed by atoms with van der Waals surface area (Å²) in [7, 11) is 1.60. The summed E-state index contributed by atoms with van der Waals surface area (Å²) in [6, 6.07) is 11.1. The molecule has 1 fully saturated rings. The van der Waals surface area contributed by atoms with Crippen LogP contribution in [0, 0.1) is 0 Å². The Morgan fingerprint density at radius 3 is 2.96 bits per heavy atom. The average Bonchev–Trinajstić information content (AvgIpc) is 3.37. The third-order valence-corrected chi connectivity index (χ3v) is 4.29. The number of para-hydroxylation sites is 1. The molecule has 0 radical (unpaired) electrons. The second kappa shape index (κ2) is 6.43. The first kappa shape index (κ1) is 15.4. The van der Waals surface area contributed by atoms with Crippen LogP contribution in [0.2, 0.25) is 0 Å². The van der Waals surface area contributed by atoms with Gasteiger partial charge in [0.15, 0.2) is 5.82 Å². The molecule has 1 aromatic carbocycles. The number of benzene rings is 1.